The van der Waals surface area contributed by atoms with Crippen LogP contribution >= 0.6 is 7.60 Å². The van der Waals surface area contributed by atoms with Crippen LogP contribution < -0.4 is 20.9 Å². The van der Waals surface area contributed by atoms with Crippen LogP contribution in [0, 0.1) is 0 Å². The van der Waals surface area contributed by atoms with Gasteiger partial charge in [0.2, 0.25) is 0 Å². The van der Waals surface area contributed by atoms with Gasteiger partial charge < -0.3 is 34.7 Å². The molecule has 0 radical (unpaired) electrons. The number of benzene rings is 1. The highest BCUT2D eigenvalue weighted by Gasteiger charge is 2.15. The number of anilines is 1. The molecule has 1 aromatic carbocycles. The van der Waals surface area contributed by atoms with Gasteiger partial charge in [0.25, 0.3) is 0 Å². The number of imidazole rings is 1. The van der Waals surface area contributed by atoms with Crippen LogP contribution in [0.15, 0.2) is 29.1 Å². The van der Waals surface area contributed by atoms with Crippen molar-refractivity contribution in [3.05, 3.63) is 40.3 Å². The van der Waals surface area contributed by atoms with Gasteiger partial charge in [-0.05, 0) is 30.5 Å². The first-order valence-electron chi connectivity index (χ1n) is 9.91. The van der Waals surface area contributed by atoms with Gasteiger partial charge in [-0.3, -0.25) is 9.13 Å². The molecular weight excluding hydrogens is 441 g/mol. The zero-order valence-electron chi connectivity index (χ0n) is 17.6. The SMILES string of the molecule is COCCOc1nc(N)c2[nH]c(=O)n(Cc3ccc(OCCCCP(=O)(O)O)cc3)c2n1. The van der Waals surface area contributed by atoms with Gasteiger partial charge in [-0.2, -0.15) is 9.97 Å². The third kappa shape index (κ3) is 6.54. The Balaban J connectivity index is 1.66. The molecule has 0 unspecified atom stereocenters. The Morgan fingerprint density at radius 3 is 2.53 bits per heavy atom. The zero-order valence-corrected chi connectivity index (χ0v) is 18.5. The maximum absolute atomic E-state index is 12.5. The minimum Gasteiger partial charge on any atom is -0.494 e. The molecule has 0 saturated heterocycles. The first-order valence-corrected chi connectivity index (χ1v) is 11.7. The highest BCUT2D eigenvalue weighted by atomic mass is 31.2. The Bertz CT molecular complexity index is 1140. The molecule has 32 heavy (non-hydrogen) atoms. The predicted octanol–water partition coefficient (Wildman–Crippen LogP) is 1.11. The molecule has 174 valence electrons. The van der Waals surface area contributed by atoms with E-state index in [1.165, 1.54) is 4.57 Å². The van der Waals surface area contributed by atoms with E-state index in [-0.39, 0.29) is 36.8 Å². The third-order valence-corrected chi connectivity index (χ3v) is 5.42. The summed E-state index contributed by atoms with van der Waals surface area (Å²) in [5.41, 5.74) is 7.07. The summed E-state index contributed by atoms with van der Waals surface area (Å²) in [6.45, 7) is 1.20. The summed E-state index contributed by atoms with van der Waals surface area (Å²) in [5.74, 6) is 0.734. The molecule has 0 aliphatic heterocycles. The van der Waals surface area contributed by atoms with E-state index >= 15 is 0 Å². The van der Waals surface area contributed by atoms with Crippen LogP contribution in [-0.2, 0) is 15.8 Å². The number of rotatable bonds is 12. The number of hydrogen-bond donors (Lipinski definition) is 4. The molecular formula is C19H26N5O7P. The van der Waals surface area contributed by atoms with Gasteiger partial charge in [0.1, 0.15) is 17.9 Å². The topological polar surface area (TPSA) is 175 Å². The summed E-state index contributed by atoms with van der Waals surface area (Å²) in [4.78, 5) is 41.2. The predicted molar refractivity (Wildman–Crippen MR) is 117 cm³/mol. The highest BCUT2D eigenvalue weighted by Crippen LogP contribution is 2.35. The smallest absolute Gasteiger partial charge is 0.328 e. The monoisotopic (exact) mass is 467 g/mol. The van der Waals surface area contributed by atoms with Gasteiger partial charge in [-0.1, -0.05) is 12.1 Å². The minimum absolute atomic E-state index is 0.0577. The Labute approximate surface area is 183 Å². The Morgan fingerprint density at radius 2 is 1.84 bits per heavy atom. The van der Waals surface area contributed by atoms with Gasteiger partial charge in [-0.25, -0.2) is 4.79 Å². The van der Waals surface area contributed by atoms with Crippen LogP contribution in [0.25, 0.3) is 11.2 Å². The number of hydrogen-bond acceptors (Lipinski definition) is 8. The molecule has 0 fully saturated rings. The van der Waals surface area contributed by atoms with Gasteiger partial charge in [-0.15, -0.1) is 0 Å². The van der Waals surface area contributed by atoms with Gasteiger partial charge in [0.05, 0.1) is 19.8 Å². The molecule has 3 aromatic rings. The summed E-state index contributed by atoms with van der Waals surface area (Å²) >= 11 is 0. The van der Waals surface area contributed by atoms with Crippen LogP contribution in [0.2, 0.25) is 0 Å². The molecule has 0 amide bonds. The highest BCUT2D eigenvalue weighted by molar-refractivity contribution is 7.51. The first kappa shape index (κ1) is 23.7. The molecule has 0 atom stereocenters. The van der Waals surface area contributed by atoms with Crippen molar-refractivity contribution in [3.63, 3.8) is 0 Å². The normalized spacial score (nSPS) is 11.7. The van der Waals surface area contributed by atoms with Crippen LogP contribution in [-0.4, -0.2) is 62.4 Å². The number of nitrogens with zero attached hydrogens (tertiary/aromatic N) is 3. The van der Waals surface area contributed by atoms with E-state index < -0.39 is 7.60 Å². The Hall–Kier alpha value is -2.92. The molecule has 3 rings (SSSR count). The second-order valence-corrected chi connectivity index (χ2v) is 8.81. The maximum atomic E-state index is 12.5. The fourth-order valence-corrected chi connectivity index (χ4v) is 3.58. The quantitative estimate of drug-likeness (QED) is 0.223. The van der Waals surface area contributed by atoms with Crippen LogP contribution in [0.4, 0.5) is 5.82 Å². The van der Waals surface area contributed by atoms with Gasteiger partial charge in [0, 0.05) is 13.3 Å². The standard InChI is InChI=1S/C19H26N5O7P/c1-29-9-10-31-18-22-16(20)15-17(23-18)24(19(25)21-15)12-13-4-6-14(7-5-13)30-8-2-3-11-32(26,27)28/h4-7H,2-3,8-12H2,1H3,(H,21,25)(H2,20,22,23)(H2,26,27,28). The number of nitrogens with one attached hydrogen (secondary N) is 1. The van der Waals surface area contributed by atoms with Crippen molar-refractivity contribution in [2.75, 3.05) is 38.8 Å². The number of H-pyrrole nitrogens is 1. The Morgan fingerprint density at radius 1 is 1.09 bits per heavy atom. The van der Waals surface area contributed by atoms with E-state index in [0.29, 0.717) is 43.0 Å². The van der Waals surface area contributed by atoms with Crippen LogP contribution in [0.3, 0.4) is 0 Å². The minimum atomic E-state index is -3.96. The summed E-state index contributed by atoms with van der Waals surface area (Å²) in [5, 5.41) is 0. The molecule has 2 heterocycles. The third-order valence-electron chi connectivity index (χ3n) is 4.53. The lowest BCUT2D eigenvalue weighted by Crippen LogP contribution is -2.18. The lowest BCUT2D eigenvalue weighted by atomic mass is 10.2. The molecule has 5 N–H and O–H groups in total. The maximum Gasteiger partial charge on any atom is 0.328 e. The van der Waals surface area contributed by atoms with E-state index in [4.69, 9.17) is 29.7 Å². The largest absolute Gasteiger partial charge is 0.494 e. The molecule has 2 aromatic heterocycles. The molecule has 0 aliphatic rings. The number of unbranched alkanes of at least 4 members (excludes halogenated alkanes) is 1. The van der Waals surface area contributed by atoms with Gasteiger partial charge >= 0.3 is 19.3 Å². The summed E-state index contributed by atoms with van der Waals surface area (Å²) in [6, 6.07) is 7.22. The average molecular weight is 467 g/mol. The second-order valence-electron chi connectivity index (χ2n) is 7.04. The second kappa shape index (κ2) is 10.6. The number of methoxy groups -OCH3 is 1. The number of aromatic amines is 1. The van der Waals surface area contributed by atoms with E-state index in [9.17, 15) is 9.36 Å². The average Bonchev–Trinajstić information content (AvgIpc) is 3.04. The van der Waals surface area contributed by atoms with Crippen LogP contribution in [0.5, 0.6) is 11.8 Å². The lowest BCUT2D eigenvalue weighted by molar-refractivity contribution is 0.141. The summed E-state index contributed by atoms with van der Waals surface area (Å²) in [6.07, 6.45) is 0.767. The van der Waals surface area contributed by atoms with Crippen molar-refractivity contribution < 1.29 is 28.6 Å². The lowest BCUT2D eigenvalue weighted by Gasteiger charge is -2.09. The number of ether oxygens (including phenoxy) is 3. The molecule has 0 bridgehead atoms. The number of aromatic nitrogens is 4. The van der Waals surface area contributed by atoms with Crippen molar-refractivity contribution in [1.82, 2.24) is 19.5 Å². The molecule has 0 saturated carbocycles. The summed E-state index contributed by atoms with van der Waals surface area (Å²) in [7, 11) is -2.41. The van der Waals surface area contributed by atoms with Crippen molar-refractivity contribution >= 4 is 24.6 Å². The fourth-order valence-electron chi connectivity index (χ4n) is 2.94. The zero-order chi connectivity index (χ0) is 23.1. The van der Waals surface area contributed by atoms with E-state index in [1.54, 1.807) is 19.2 Å². The number of nitrogen functional groups attached to an aromatic ring is 1. The van der Waals surface area contributed by atoms with E-state index in [2.05, 4.69) is 15.0 Å². The van der Waals surface area contributed by atoms with E-state index in [1.807, 2.05) is 12.1 Å². The Kier molecular flexibility index (Phi) is 7.86. The van der Waals surface area contributed by atoms with Crippen molar-refractivity contribution in [3.8, 4) is 11.8 Å². The van der Waals surface area contributed by atoms with Crippen molar-refractivity contribution in [1.29, 1.82) is 0 Å². The molecule has 0 spiro atoms. The molecule has 13 heteroatoms. The van der Waals surface area contributed by atoms with E-state index in [0.717, 1.165) is 5.56 Å². The van der Waals surface area contributed by atoms with Crippen molar-refractivity contribution in [2.45, 2.75) is 19.4 Å². The summed E-state index contributed by atoms with van der Waals surface area (Å²) < 4.78 is 28.2. The first-order chi connectivity index (χ1) is 15.3. The van der Waals surface area contributed by atoms with Crippen molar-refractivity contribution in [2.24, 2.45) is 0 Å². The fraction of sp³-hybridized carbons (Fsp3) is 0.421. The van der Waals surface area contributed by atoms with Crippen LogP contribution in [0.1, 0.15) is 18.4 Å². The molecule has 12 nitrogen and oxygen atoms in total. The van der Waals surface area contributed by atoms with Gasteiger partial charge in [0.15, 0.2) is 11.5 Å². The number of nitrogens with two attached hydrogens (primary N) is 1. The number of fused-ring (bicyclic) bond motifs is 1. The molecule has 0 aliphatic carbocycles.